The summed E-state index contributed by atoms with van der Waals surface area (Å²) in [5.41, 5.74) is 2.13. The zero-order valence-electron chi connectivity index (χ0n) is 10.9. The second-order valence-corrected chi connectivity index (χ2v) is 5.02. The molecule has 0 spiro atoms. The van der Waals surface area contributed by atoms with E-state index in [1.165, 1.54) is 19.4 Å². The van der Waals surface area contributed by atoms with E-state index in [1.807, 2.05) is 11.0 Å². The van der Waals surface area contributed by atoms with Crippen molar-refractivity contribution >= 4 is 17.4 Å². The number of nitrogens with zero attached hydrogens (tertiary/aromatic N) is 3. The maximum absolute atomic E-state index is 13.2. The van der Waals surface area contributed by atoms with Crippen LogP contribution >= 0.6 is 11.6 Å². The minimum absolute atomic E-state index is 0.195. The van der Waals surface area contributed by atoms with E-state index >= 15 is 0 Å². The monoisotopic (exact) mass is 293 g/mol. The van der Waals surface area contributed by atoms with Crippen LogP contribution in [-0.2, 0) is 13.0 Å². The Bertz CT molecular complexity index is 650. The average molecular weight is 294 g/mol. The Kier molecular flexibility index (Phi) is 3.44. The topological polar surface area (TPSA) is 38.2 Å². The van der Waals surface area contributed by atoms with Crippen LogP contribution in [-0.4, -0.2) is 23.6 Å². The average Bonchev–Trinajstić information content (AvgIpc) is 2.47. The van der Waals surface area contributed by atoms with Crippen LogP contribution in [0.25, 0.3) is 0 Å². The highest BCUT2D eigenvalue weighted by molar-refractivity contribution is 6.32. The molecule has 0 radical (unpaired) electrons. The molecule has 104 valence electrons. The van der Waals surface area contributed by atoms with Gasteiger partial charge in [-0.2, -0.15) is 4.98 Å². The fourth-order valence-electron chi connectivity index (χ4n) is 2.36. The molecule has 2 heterocycles. The molecule has 0 fully saturated rings. The zero-order chi connectivity index (χ0) is 14.1. The predicted molar refractivity (Wildman–Crippen MR) is 74.7 cm³/mol. The van der Waals surface area contributed by atoms with E-state index in [4.69, 9.17) is 16.3 Å². The molecule has 0 atom stereocenters. The molecule has 2 aromatic rings. The molecule has 0 N–H and O–H groups in total. The number of hydrogen-bond acceptors (Lipinski definition) is 4. The van der Waals surface area contributed by atoms with E-state index in [1.54, 1.807) is 6.07 Å². The van der Waals surface area contributed by atoms with E-state index < -0.39 is 0 Å². The normalized spacial score (nSPS) is 14.1. The highest BCUT2D eigenvalue weighted by Crippen LogP contribution is 2.29. The number of fused-ring (bicyclic) bond motifs is 1. The van der Waals surface area contributed by atoms with Crippen molar-refractivity contribution in [2.75, 3.05) is 18.6 Å². The fourth-order valence-corrected chi connectivity index (χ4v) is 2.58. The summed E-state index contributed by atoms with van der Waals surface area (Å²) in [4.78, 5) is 10.3. The molecule has 0 saturated heterocycles. The Morgan fingerprint density at radius 3 is 3.00 bits per heavy atom. The van der Waals surface area contributed by atoms with Gasteiger partial charge in [-0.05, 0) is 29.7 Å². The minimum Gasteiger partial charge on any atom is -0.467 e. The summed E-state index contributed by atoms with van der Waals surface area (Å²) in [6.07, 6.45) is 2.29. The third kappa shape index (κ3) is 2.41. The lowest BCUT2D eigenvalue weighted by Gasteiger charge is -2.30. The van der Waals surface area contributed by atoms with Gasteiger partial charge in [0.1, 0.15) is 10.8 Å². The number of anilines is 1. The number of ether oxygens (including phenoxy) is 1. The lowest BCUT2D eigenvalue weighted by atomic mass is 10.00. The molecule has 1 aromatic heterocycles. The summed E-state index contributed by atoms with van der Waals surface area (Å²) in [5.74, 6) is 0.451. The second kappa shape index (κ2) is 5.25. The second-order valence-electron chi connectivity index (χ2n) is 4.61. The molecule has 0 aliphatic carbocycles. The van der Waals surface area contributed by atoms with Gasteiger partial charge in [-0.25, -0.2) is 9.37 Å². The van der Waals surface area contributed by atoms with Crippen LogP contribution in [0.3, 0.4) is 0 Å². The number of hydrogen-bond donors (Lipinski definition) is 0. The molecule has 1 aliphatic heterocycles. The molecular formula is C14H13ClFN3O. The number of aromatic nitrogens is 2. The molecular weight excluding hydrogens is 281 g/mol. The maximum atomic E-state index is 13.2. The molecule has 3 rings (SSSR count). The molecule has 0 amide bonds. The van der Waals surface area contributed by atoms with Gasteiger partial charge in [0.25, 0.3) is 0 Å². The van der Waals surface area contributed by atoms with Crippen LogP contribution in [0.4, 0.5) is 10.2 Å². The van der Waals surface area contributed by atoms with Crippen molar-refractivity contribution in [3.63, 3.8) is 0 Å². The number of rotatable bonds is 2. The Labute approximate surface area is 121 Å². The van der Waals surface area contributed by atoms with E-state index in [2.05, 4.69) is 9.97 Å². The largest absolute Gasteiger partial charge is 0.467 e. The molecule has 0 saturated carbocycles. The molecule has 20 heavy (non-hydrogen) atoms. The van der Waals surface area contributed by atoms with E-state index in [9.17, 15) is 4.39 Å². The third-order valence-electron chi connectivity index (χ3n) is 3.37. The highest BCUT2D eigenvalue weighted by Gasteiger charge is 2.20. The zero-order valence-corrected chi connectivity index (χ0v) is 11.7. The van der Waals surface area contributed by atoms with Crippen molar-refractivity contribution in [2.24, 2.45) is 0 Å². The first-order valence-corrected chi connectivity index (χ1v) is 6.64. The van der Waals surface area contributed by atoms with Gasteiger partial charge in [0.2, 0.25) is 0 Å². The fraction of sp³-hybridized carbons (Fsp3) is 0.286. The molecule has 6 heteroatoms. The Morgan fingerprint density at radius 1 is 1.35 bits per heavy atom. The summed E-state index contributed by atoms with van der Waals surface area (Å²) >= 11 is 6.16. The van der Waals surface area contributed by atoms with E-state index in [0.29, 0.717) is 17.4 Å². The van der Waals surface area contributed by atoms with E-state index in [0.717, 1.165) is 24.1 Å². The van der Waals surface area contributed by atoms with Gasteiger partial charge in [0.05, 0.1) is 13.3 Å². The Balaban J connectivity index is 1.92. The molecule has 1 aromatic carbocycles. The van der Waals surface area contributed by atoms with Crippen molar-refractivity contribution in [2.45, 2.75) is 13.0 Å². The summed E-state index contributed by atoms with van der Waals surface area (Å²) < 4.78 is 18.2. The van der Waals surface area contributed by atoms with Crippen LogP contribution < -0.4 is 9.64 Å². The van der Waals surface area contributed by atoms with Gasteiger partial charge in [-0.15, -0.1) is 0 Å². The summed E-state index contributed by atoms with van der Waals surface area (Å²) in [5, 5.41) is 0.483. The Morgan fingerprint density at radius 2 is 2.20 bits per heavy atom. The third-order valence-corrected chi connectivity index (χ3v) is 3.63. The van der Waals surface area contributed by atoms with Crippen LogP contribution in [0.1, 0.15) is 11.1 Å². The number of benzene rings is 1. The standard InChI is InChI=1S/C14H13ClFN3O/c1-20-14-17-7-12(15)13(18-14)19-5-4-9-6-11(16)3-2-10(9)8-19/h2-3,6-7H,4-5,8H2,1H3. The highest BCUT2D eigenvalue weighted by atomic mass is 35.5. The van der Waals surface area contributed by atoms with Crippen LogP contribution in [0, 0.1) is 5.82 Å². The first-order chi connectivity index (χ1) is 9.67. The van der Waals surface area contributed by atoms with Crippen molar-refractivity contribution < 1.29 is 9.13 Å². The van der Waals surface area contributed by atoms with Crippen molar-refractivity contribution in [1.29, 1.82) is 0 Å². The lowest BCUT2D eigenvalue weighted by molar-refractivity contribution is 0.379. The first kappa shape index (κ1) is 13.1. The number of methoxy groups -OCH3 is 1. The lowest BCUT2D eigenvalue weighted by Crippen LogP contribution is -2.31. The van der Waals surface area contributed by atoms with Crippen molar-refractivity contribution in [3.8, 4) is 6.01 Å². The molecule has 0 unspecified atom stereocenters. The first-order valence-electron chi connectivity index (χ1n) is 6.26. The SMILES string of the molecule is COc1ncc(Cl)c(N2CCc3cc(F)ccc3C2)n1. The van der Waals surface area contributed by atoms with Gasteiger partial charge in [-0.1, -0.05) is 17.7 Å². The van der Waals surface area contributed by atoms with Crippen LogP contribution in [0.2, 0.25) is 5.02 Å². The Hall–Kier alpha value is -1.88. The molecule has 1 aliphatic rings. The summed E-state index contributed by atoms with van der Waals surface area (Å²) in [6, 6.07) is 5.16. The van der Waals surface area contributed by atoms with Crippen LogP contribution in [0.5, 0.6) is 6.01 Å². The minimum atomic E-state index is -0.195. The molecule has 4 nitrogen and oxygen atoms in total. The van der Waals surface area contributed by atoms with Crippen LogP contribution in [0.15, 0.2) is 24.4 Å². The van der Waals surface area contributed by atoms with Gasteiger partial charge < -0.3 is 9.64 Å². The summed E-state index contributed by atoms with van der Waals surface area (Å²) in [7, 11) is 1.52. The van der Waals surface area contributed by atoms with Gasteiger partial charge in [0.15, 0.2) is 5.82 Å². The van der Waals surface area contributed by atoms with Gasteiger partial charge in [0, 0.05) is 13.1 Å². The van der Waals surface area contributed by atoms with Gasteiger partial charge >= 0.3 is 6.01 Å². The van der Waals surface area contributed by atoms with Crippen molar-refractivity contribution in [3.05, 3.63) is 46.4 Å². The summed E-state index contributed by atoms with van der Waals surface area (Å²) in [6.45, 7) is 1.38. The number of halogens is 2. The van der Waals surface area contributed by atoms with Gasteiger partial charge in [-0.3, -0.25) is 0 Å². The quantitative estimate of drug-likeness (QED) is 0.853. The predicted octanol–water partition coefficient (Wildman–Crippen LogP) is 2.84. The van der Waals surface area contributed by atoms with Crippen molar-refractivity contribution in [1.82, 2.24) is 9.97 Å². The molecule has 0 bridgehead atoms. The maximum Gasteiger partial charge on any atom is 0.318 e. The van der Waals surface area contributed by atoms with E-state index in [-0.39, 0.29) is 11.8 Å². The smallest absolute Gasteiger partial charge is 0.318 e.